The van der Waals surface area contributed by atoms with Crippen LogP contribution in [0.4, 0.5) is 5.69 Å². The van der Waals surface area contributed by atoms with Gasteiger partial charge in [-0.2, -0.15) is 0 Å². The molecule has 2 aromatic rings. The Morgan fingerprint density at radius 1 is 1.04 bits per heavy atom. The van der Waals surface area contributed by atoms with E-state index in [-0.39, 0.29) is 11.8 Å². The fourth-order valence-corrected chi connectivity index (χ4v) is 3.42. The van der Waals surface area contributed by atoms with Crippen molar-refractivity contribution in [3.05, 3.63) is 64.7 Å². The first-order valence-electron chi connectivity index (χ1n) is 9.15. The first-order chi connectivity index (χ1) is 13.0. The van der Waals surface area contributed by atoms with Gasteiger partial charge in [-0.15, -0.1) is 0 Å². The maximum Gasteiger partial charge on any atom is 0.253 e. The summed E-state index contributed by atoms with van der Waals surface area (Å²) in [5.74, 6) is -0.136. The Balaban J connectivity index is 1.61. The molecular formula is C21H24ClN3O2. The summed E-state index contributed by atoms with van der Waals surface area (Å²) in [6.07, 6.45) is 0.935. The second kappa shape index (κ2) is 9.02. The molecule has 0 unspecified atom stereocenters. The lowest BCUT2D eigenvalue weighted by atomic mass is 10.1. The highest BCUT2D eigenvalue weighted by Gasteiger charge is 2.20. The van der Waals surface area contributed by atoms with E-state index in [0.717, 1.165) is 37.6 Å². The summed E-state index contributed by atoms with van der Waals surface area (Å²) >= 11 is 5.95. The van der Waals surface area contributed by atoms with Crippen molar-refractivity contribution in [3.8, 4) is 0 Å². The van der Waals surface area contributed by atoms with Gasteiger partial charge in [0.2, 0.25) is 5.91 Å². The van der Waals surface area contributed by atoms with E-state index in [1.54, 1.807) is 24.3 Å². The van der Waals surface area contributed by atoms with Crippen molar-refractivity contribution in [2.75, 3.05) is 31.5 Å². The van der Waals surface area contributed by atoms with E-state index in [4.69, 9.17) is 11.6 Å². The summed E-state index contributed by atoms with van der Waals surface area (Å²) in [5.41, 5.74) is 2.47. The average molecular weight is 386 g/mol. The van der Waals surface area contributed by atoms with Gasteiger partial charge < -0.3 is 10.2 Å². The van der Waals surface area contributed by atoms with Gasteiger partial charge in [0, 0.05) is 55.9 Å². The van der Waals surface area contributed by atoms with Crippen LogP contribution in [0.1, 0.15) is 29.3 Å². The molecule has 0 aliphatic carbocycles. The molecule has 5 nitrogen and oxygen atoms in total. The molecule has 1 aliphatic rings. The third-order valence-electron chi connectivity index (χ3n) is 4.63. The Kier molecular flexibility index (Phi) is 6.48. The topological polar surface area (TPSA) is 52.7 Å². The Bertz CT molecular complexity index is 807. The molecule has 0 radical (unpaired) electrons. The summed E-state index contributed by atoms with van der Waals surface area (Å²) in [6, 6.07) is 15.0. The molecule has 1 heterocycles. The van der Waals surface area contributed by atoms with Crippen LogP contribution in [0.5, 0.6) is 0 Å². The van der Waals surface area contributed by atoms with Crippen molar-refractivity contribution in [2.24, 2.45) is 0 Å². The molecule has 1 aliphatic heterocycles. The molecule has 3 rings (SSSR count). The van der Waals surface area contributed by atoms with Gasteiger partial charge >= 0.3 is 0 Å². The molecule has 0 spiro atoms. The van der Waals surface area contributed by atoms with Crippen LogP contribution in [0.2, 0.25) is 5.02 Å². The lowest BCUT2D eigenvalue weighted by Gasteiger charge is -2.22. The zero-order valence-electron chi connectivity index (χ0n) is 15.5. The standard InChI is InChI=1S/C21H24ClN3O2/c1-16(26)23-20-5-2-4-18(14-20)21(27)25-11-3-10-24(12-13-25)15-17-6-8-19(22)9-7-17/h2,4-9,14H,3,10-13,15H2,1H3,(H,23,26). The highest BCUT2D eigenvalue weighted by molar-refractivity contribution is 6.30. The van der Waals surface area contributed by atoms with E-state index in [2.05, 4.69) is 10.2 Å². The number of rotatable bonds is 4. The Morgan fingerprint density at radius 2 is 1.81 bits per heavy atom. The van der Waals surface area contributed by atoms with E-state index >= 15 is 0 Å². The number of carbonyl (C=O) groups is 2. The number of carbonyl (C=O) groups excluding carboxylic acids is 2. The average Bonchev–Trinajstić information content (AvgIpc) is 2.88. The van der Waals surface area contributed by atoms with Gasteiger partial charge in [-0.05, 0) is 42.3 Å². The first-order valence-corrected chi connectivity index (χ1v) is 9.53. The van der Waals surface area contributed by atoms with E-state index in [0.29, 0.717) is 17.8 Å². The van der Waals surface area contributed by atoms with E-state index < -0.39 is 0 Å². The smallest absolute Gasteiger partial charge is 0.253 e. The number of benzene rings is 2. The number of halogens is 1. The van der Waals surface area contributed by atoms with Crippen LogP contribution in [-0.2, 0) is 11.3 Å². The molecule has 1 N–H and O–H groups in total. The quantitative estimate of drug-likeness (QED) is 0.874. The third-order valence-corrected chi connectivity index (χ3v) is 4.88. The van der Waals surface area contributed by atoms with Crippen LogP contribution in [0.25, 0.3) is 0 Å². The van der Waals surface area contributed by atoms with Gasteiger partial charge in [-0.25, -0.2) is 0 Å². The van der Waals surface area contributed by atoms with Crippen LogP contribution >= 0.6 is 11.6 Å². The van der Waals surface area contributed by atoms with E-state index in [9.17, 15) is 9.59 Å². The van der Waals surface area contributed by atoms with Crippen molar-refractivity contribution >= 4 is 29.1 Å². The molecular weight excluding hydrogens is 362 g/mol. The fraction of sp³-hybridized carbons (Fsp3) is 0.333. The third kappa shape index (κ3) is 5.55. The number of nitrogens with one attached hydrogen (secondary N) is 1. The van der Waals surface area contributed by atoms with Crippen molar-refractivity contribution in [2.45, 2.75) is 19.9 Å². The summed E-state index contributed by atoms with van der Waals surface area (Å²) in [7, 11) is 0. The normalized spacial score (nSPS) is 15.3. The lowest BCUT2D eigenvalue weighted by Crippen LogP contribution is -2.35. The minimum absolute atomic E-state index is 0.00976. The second-order valence-electron chi connectivity index (χ2n) is 6.81. The van der Waals surface area contributed by atoms with Crippen LogP contribution in [0.15, 0.2) is 48.5 Å². The summed E-state index contributed by atoms with van der Waals surface area (Å²) in [5, 5.41) is 3.47. The Hall–Kier alpha value is -2.37. The van der Waals surface area contributed by atoms with Gasteiger partial charge in [0.1, 0.15) is 0 Å². The minimum Gasteiger partial charge on any atom is -0.337 e. The highest BCUT2D eigenvalue weighted by atomic mass is 35.5. The number of hydrogen-bond donors (Lipinski definition) is 1. The molecule has 0 aromatic heterocycles. The monoisotopic (exact) mass is 385 g/mol. The van der Waals surface area contributed by atoms with Crippen LogP contribution in [-0.4, -0.2) is 47.8 Å². The largest absolute Gasteiger partial charge is 0.337 e. The highest BCUT2D eigenvalue weighted by Crippen LogP contribution is 2.16. The SMILES string of the molecule is CC(=O)Nc1cccc(C(=O)N2CCCN(Cc3ccc(Cl)cc3)CC2)c1. The van der Waals surface area contributed by atoms with Gasteiger partial charge in [-0.1, -0.05) is 29.8 Å². The molecule has 0 saturated carbocycles. The van der Waals surface area contributed by atoms with Gasteiger partial charge in [0.15, 0.2) is 0 Å². The number of nitrogens with zero attached hydrogens (tertiary/aromatic N) is 2. The van der Waals surface area contributed by atoms with Gasteiger partial charge in [0.05, 0.1) is 0 Å². The predicted molar refractivity (Wildman–Crippen MR) is 108 cm³/mol. The van der Waals surface area contributed by atoms with Crippen LogP contribution in [0, 0.1) is 0 Å². The van der Waals surface area contributed by atoms with Crippen molar-refractivity contribution in [1.82, 2.24) is 9.80 Å². The lowest BCUT2D eigenvalue weighted by molar-refractivity contribution is -0.114. The van der Waals surface area contributed by atoms with Gasteiger partial charge in [0.25, 0.3) is 5.91 Å². The number of amides is 2. The fourth-order valence-electron chi connectivity index (χ4n) is 3.30. The second-order valence-corrected chi connectivity index (χ2v) is 7.25. The summed E-state index contributed by atoms with van der Waals surface area (Å²) < 4.78 is 0. The van der Waals surface area contributed by atoms with Gasteiger partial charge in [-0.3, -0.25) is 14.5 Å². The Morgan fingerprint density at radius 3 is 2.56 bits per heavy atom. The molecule has 27 heavy (non-hydrogen) atoms. The number of hydrogen-bond acceptors (Lipinski definition) is 3. The molecule has 2 aromatic carbocycles. The minimum atomic E-state index is -0.146. The molecule has 2 amide bonds. The summed E-state index contributed by atoms with van der Waals surface area (Å²) in [6.45, 7) is 5.53. The predicted octanol–water partition coefficient (Wildman–Crippen LogP) is 3.65. The maximum absolute atomic E-state index is 12.9. The van der Waals surface area contributed by atoms with Crippen molar-refractivity contribution in [3.63, 3.8) is 0 Å². The van der Waals surface area contributed by atoms with E-state index in [1.165, 1.54) is 12.5 Å². The summed E-state index contributed by atoms with van der Waals surface area (Å²) in [4.78, 5) is 28.4. The number of anilines is 1. The molecule has 0 atom stereocenters. The van der Waals surface area contributed by atoms with Crippen LogP contribution < -0.4 is 5.32 Å². The molecule has 1 saturated heterocycles. The van der Waals surface area contributed by atoms with Crippen LogP contribution in [0.3, 0.4) is 0 Å². The molecule has 0 bridgehead atoms. The first kappa shape index (κ1) is 19.4. The maximum atomic E-state index is 12.9. The molecule has 1 fully saturated rings. The van der Waals surface area contributed by atoms with Crippen molar-refractivity contribution < 1.29 is 9.59 Å². The molecule has 142 valence electrons. The van der Waals surface area contributed by atoms with E-state index in [1.807, 2.05) is 29.2 Å². The van der Waals surface area contributed by atoms with Crippen molar-refractivity contribution in [1.29, 1.82) is 0 Å². The Labute approximate surface area is 164 Å². The molecule has 6 heteroatoms. The zero-order chi connectivity index (χ0) is 19.2. The zero-order valence-corrected chi connectivity index (χ0v) is 16.2.